The number of aromatic nitrogens is 1. The van der Waals surface area contributed by atoms with Gasteiger partial charge in [0.25, 0.3) is 0 Å². The molecule has 1 aliphatic carbocycles. The minimum atomic E-state index is -1.42. The van der Waals surface area contributed by atoms with Crippen LogP contribution in [0.1, 0.15) is 35.3 Å². The molecule has 0 spiro atoms. The number of carboxylic acid groups (broad SMARTS) is 1. The van der Waals surface area contributed by atoms with E-state index >= 15 is 4.39 Å². The second-order valence-electron chi connectivity index (χ2n) is 8.36. The summed E-state index contributed by atoms with van der Waals surface area (Å²) in [5, 5.41) is 9.31. The number of pyridine rings is 1. The van der Waals surface area contributed by atoms with Crippen LogP contribution in [0.25, 0.3) is 10.9 Å². The standard InChI is InChI=1S/C21H23F2N3O3/c1-4-11-7-25(9-21(11,3)24)18-10(2)17-12(5-15(18)23)19(27)13(20(28)29)8-26(17)16-6-14(16)22/h4-5,8,11,14,16H,1,6-7,9,24H2,2-3H3,(H,28,29). The zero-order chi connectivity index (χ0) is 21.2. The van der Waals surface area contributed by atoms with E-state index in [0.29, 0.717) is 29.9 Å². The molecule has 0 radical (unpaired) electrons. The second-order valence-corrected chi connectivity index (χ2v) is 8.36. The summed E-state index contributed by atoms with van der Waals surface area (Å²) < 4.78 is 30.5. The summed E-state index contributed by atoms with van der Waals surface area (Å²) in [7, 11) is 0. The largest absolute Gasteiger partial charge is 0.477 e. The highest BCUT2D eigenvalue weighted by Gasteiger charge is 2.42. The molecule has 29 heavy (non-hydrogen) atoms. The maximum atomic E-state index is 15.2. The van der Waals surface area contributed by atoms with Gasteiger partial charge in [0.1, 0.15) is 17.6 Å². The third-order valence-corrected chi connectivity index (χ3v) is 6.14. The number of hydrogen-bond acceptors (Lipinski definition) is 4. The number of rotatable bonds is 4. The Kier molecular flexibility index (Phi) is 4.31. The van der Waals surface area contributed by atoms with E-state index in [-0.39, 0.29) is 17.7 Å². The van der Waals surface area contributed by atoms with Gasteiger partial charge in [0.05, 0.1) is 17.2 Å². The van der Waals surface area contributed by atoms with Gasteiger partial charge in [-0.05, 0) is 25.5 Å². The number of nitrogens with two attached hydrogens (primary N) is 1. The Morgan fingerprint density at radius 1 is 1.48 bits per heavy atom. The van der Waals surface area contributed by atoms with Crippen LogP contribution in [0.15, 0.2) is 29.7 Å². The number of anilines is 1. The van der Waals surface area contributed by atoms with Gasteiger partial charge in [0.2, 0.25) is 5.43 Å². The van der Waals surface area contributed by atoms with E-state index in [1.54, 1.807) is 13.0 Å². The van der Waals surface area contributed by atoms with Crippen LogP contribution in [0.3, 0.4) is 0 Å². The Morgan fingerprint density at radius 3 is 2.66 bits per heavy atom. The molecule has 1 saturated carbocycles. The number of nitrogens with zero attached hydrogens (tertiary/aromatic N) is 2. The van der Waals surface area contributed by atoms with Crippen molar-refractivity contribution in [3.8, 4) is 0 Å². The third-order valence-electron chi connectivity index (χ3n) is 6.14. The predicted octanol–water partition coefficient (Wildman–Crippen LogP) is 2.77. The Labute approximate surface area is 166 Å². The van der Waals surface area contributed by atoms with Gasteiger partial charge < -0.3 is 20.3 Å². The number of aryl methyl sites for hydroxylation is 1. The topological polar surface area (TPSA) is 88.6 Å². The molecule has 4 unspecified atom stereocenters. The summed E-state index contributed by atoms with van der Waals surface area (Å²) in [4.78, 5) is 26.0. The third kappa shape index (κ3) is 2.93. The highest BCUT2D eigenvalue weighted by Crippen LogP contribution is 2.43. The van der Waals surface area contributed by atoms with Gasteiger partial charge in [0, 0.05) is 42.6 Å². The molecule has 4 rings (SSSR count). The molecule has 2 fully saturated rings. The van der Waals surface area contributed by atoms with Crippen LogP contribution in [0, 0.1) is 18.7 Å². The highest BCUT2D eigenvalue weighted by atomic mass is 19.1. The fraction of sp³-hybridized carbons (Fsp3) is 0.429. The average Bonchev–Trinajstić information content (AvgIpc) is 3.27. The molecule has 2 aromatic rings. The average molecular weight is 403 g/mol. The number of carbonyl (C=O) groups is 1. The fourth-order valence-corrected chi connectivity index (χ4v) is 4.47. The van der Waals surface area contributed by atoms with E-state index in [9.17, 15) is 19.1 Å². The van der Waals surface area contributed by atoms with Crippen molar-refractivity contribution in [2.75, 3.05) is 18.0 Å². The molecular formula is C21H23F2N3O3. The monoisotopic (exact) mass is 403 g/mol. The number of hydrogen-bond donors (Lipinski definition) is 2. The molecule has 2 heterocycles. The molecule has 2 aliphatic rings. The van der Waals surface area contributed by atoms with Gasteiger partial charge in [-0.1, -0.05) is 6.08 Å². The van der Waals surface area contributed by atoms with Crippen LogP contribution in [0.4, 0.5) is 14.5 Å². The molecule has 154 valence electrons. The first-order chi connectivity index (χ1) is 13.6. The number of alkyl halides is 1. The van der Waals surface area contributed by atoms with Gasteiger partial charge in [-0.2, -0.15) is 0 Å². The summed E-state index contributed by atoms with van der Waals surface area (Å²) >= 11 is 0. The molecule has 1 saturated heterocycles. The molecule has 4 atom stereocenters. The number of fused-ring (bicyclic) bond motifs is 1. The van der Waals surface area contributed by atoms with Crippen molar-refractivity contribution in [2.45, 2.75) is 38.0 Å². The lowest BCUT2D eigenvalue weighted by Gasteiger charge is -2.26. The van der Waals surface area contributed by atoms with Crippen molar-refractivity contribution in [2.24, 2.45) is 11.7 Å². The maximum absolute atomic E-state index is 15.2. The summed E-state index contributed by atoms with van der Waals surface area (Å²) in [6.45, 7) is 8.21. The van der Waals surface area contributed by atoms with Gasteiger partial charge in [-0.25, -0.2) is 13.6 Å². The van der Waals surface area contributed by atoms with Crippen LogP contribution < -0.4 is 16.1 Å². The van der Waals surface area contributed by atoms with Crippen molar-refractivity contribution >= 4 is 22.6 Å². The first-order valence-corrected chi connectivity index (χ1v) is 9.48. The molecule has 1 aromatic carbocycles. The van der Waals surface area contributed by atoms with Gasteiger partial charge in [-0.15, -0.1) is 6.58 Å². The fourth-order valence-electron chi connectivity index (χ4n) is 4.47. The molecule has 0 bridgehead atoms. The van der Waals surface area contributed by atoms with Crippen LogP contribution in [-0.2, 0) is 0 Å². The Hall–Kier alpha value is -2.74. The summed E-state index contributed by atoms with van der Waals surface area (Å²) in [5.41, 5.74) is 5.61. The lowest BCUT2D eigenvalue weighted by atomic mass is 9.91. The zero-order valence-electron chi connectivity index (χ0n) is 16.3. The quantitative estimate of drug-likeness (QED) is 0.767. The smallest absolute Gasteiger partial charge is 0.341 e. The minimum Gasteiger partial charge on any atom is -0.477 e. The molecule has 3 N–H and O–H groups in total. The Bertz CT molecular complexity index is 1110. The summed E-state index contributed by atoms with van der Waals surface area (Å²) in [5.74, 6) is -2.10. The number of benzene rings is 1. The first kappa shape index (κ1) is 19.6. The van der Waals surface area contributed by atoms with Crippen molar-refractivity contribution in [1.82, 2.24) is 4.57 Å². The van der Waals surface area contributed by atoms with E-state index in [0.717, 1.165) is 6.07 Å². The van der Waals surface area contributed by atoms with E-state index in [2.05, 4.69) is 6.58 Å². The normalized spacial score (nSPS) is 28.7. The van der Waals surface area contributed by atoms with Crippen LogP contribution in [0.5, 0.6) is 0 Å². The summed E-state index contributed by atoms with van der Waals surface area (Å²) in [6, 6.07) is 0.501. The van der Waals surface area contributed by atoms with Crippen LogP contribution in [-0.4, -0.2) is 40.4 Å². The Morgan fingerprint density at radius 2 is 2.14 bits per heavy atom. The predicted molar refractivity (Wildman–Crippen MR) is 107 cm³/mol. The van der Waals surface area contributed by atoms with Crippen molar-refractivity contribution in [3.05, 3.63) is 52.1 Å². The second kappa shape index (κ2) is 6.38. The van der Waals surface area contributed by atoms with Gasteiger partial charge >= 0.3 is 5.97 Å². The maximum Gasteiger partial charge on any atom is 0.341 e. The van der Waals surface area contributed by atoms with E-state index in [1.807, 2.05) is 11.8 Å². The first-order valence-electron chi connectivity index (χ1n) is 9.48. The lowest BCUT2D eigenvalue weighted by Crippen LogP contribution is -2.43. The van der Waals surface area contributed by atoms with Gasteiger partial charge in [0.15, 0.2) is 0 Å². The zero-order valence-corrected chi connectivity index (χ0v) is 16.3. The van der Waals surface area contributed by atoms with Crippen molar-refractivity contribution in [3.63, 3.8) is 0 Å². The van der Waals surface area contributed by atoms with Crippen molar-refractivity contribution in [1.29, 1.82) is 0 Å². The Balaban J connectivity index is 1.98. The molecule has 1 aromatic heterocycles. The number of halogens is 2. The molecule has 1 aliphatic heterocycles. The van der Waals surface area contributed by atoms with Crippen LogP contribution in [0.2, 0.25) is 0 Å². The molecule has 0 amide bonds. The SMILES string of the molecule is C=CC1CN(c2c(F)cc3c(=O)c(C(=O)O)cn(C4CC4F)c3c2C)CC1(C)N. The molecular weight excluding hydrogens is 380 g/mol. The van der Waals surface area contributed by atoms with E-state index in [4.69, 9.17) is 5.73 Å². The number of aromatic carboxylic acids is 1. The number of carboxylic acids is 1. The molecule has 8 heteroatoms. The minimum absolute atomic E-state index is 0.0489. The van der Waals surface area contributed by atoms with Crippen molar-refractivity contribution < 1.29 is 18.7 Å². The molecule has 6 nitrogen and oxygen atoms in total. The van der Waals surface area contributed by atoms with E-state index in [1.165, 1.54) is 10.8 Å². The highest BCUT2D eigenvalue weighted by molar-refractivity contribution is 5.95. The van der Waals surface area contributed by atoms with Crippen LogP contribution >= 0.6 is 0 Å². The van der Waals surface area contributed by atoms with E-state index < -0.39 is 40.5 Å². The summed E-state index contributed by atoms with van der Waals surface area (Å²) in [6.07, 6.45) is 2.03. The lowest BCUT2D eigenvalue weighted by molar-refractivity contribution is 0.0694. The van der Waals surface area contributed by atoms with Gasteiger partial charge in [-0.3, -0.25) is 4.79 Å².